The molecule has 0 bridgehead atoms. The Kier molecular flexibility index (Phi) is 6.03. The molecule has 4 rings (SSSR count). The summed E-state index contributed by atoms with van der Waals surface area (Å²) in [7, 11) is 0. The number of rotatable bonds is 2. The molecular weight excluding hydrogens is 470 g/mol. The smallest absolute Gasteiger partial charge is 0.0595 e. The minimum absolute atomic E-state index is 0. The quantitative estimate of drug-likeness (QED) is 0.325. The molecule has 1 heterocycles. The molecule has 0 aliphatic heterocycles. The Morgan fingerprint density at radius 2 is 1.50 bits per heavy atom. The van der Waals surface area contributed by atoms with E-state index in [0.717, 1.165) is 22.2 Å². The molecule has 1 radical (unpaired) electrons. The zero-order chi connectivity index (χ0) is 14.8. The standard InChI is InChI=1S/C21H14N.CH3.Ir/c1-3-7-16(8-4-1)18-11-13-21-19(15-18)12-14-20(22-21)17-9-5-2-6-10-17;;/h1-9,11-15H;1H3;/q2*-1;. The molecule has 3 aromatic carbocycles. The van der Waals surface area contributed by atoms with Crippen molar-refractivity contribution in [3.63, 3.8) is 0 Å². The van der Waals surface area contributed by atoms with Crippen LogP contribution < -0.4 is 0 Å². The number of pyridine rings is 1. The minimum atomic E-state index is 0. The molecule has 0 N–H and O–H groups in total. The summed E-state index contributed by atoms with van der Waals surface area (Å²) in [5, 5.41) is 1.15. The zero-order valence-electron chi connectivity index (χ0n) is 13.4. The number of fused-ring (bicyclic) bond motifs is 1. The van der Waals surface area contributed by atoms with Crippen LogP contribution in [-0.4, -0.2) is 4.98 Å². The van der Waals surface area contributed by atoms with E-state index in [-0.39, 0.29) is 27.5 Å². The maximum absolute atomic E-state index is 4.75. The maximum atomic E-state index is 4.75. The Labute approximate surface area is 156 Å². The van der Waals surface area contributed by atoms with Crippen molar-refractivity contribution >= 4 is 10.9 Å². The Morgan fingerprint density at radius 1 is 0.708 bits per heavy atom. The summed E-state index contributed by atoms with van der Waals surface area (Å²) in [6.45, 7) is 0. The van der Waals surface area contributed by atoms with Crippen LogP contribution in [0.5, 0.6) is 0 Å². The third-order valence-electron chi connectivity index (χ3n) is 3.78. The summed E-state index contributed by atoms with van der Waals surface area (Å²) in [4.78, 5) is 4.75. The topological polar surface area (TPSA) is 12.9 Å². The fraction of sp³-hybridized carbons (Fsp3) is 0. The van der Waals surface area contributed by atoms with Gasteiger partial charge in [-0.2, -0.15) is 0 Å². The van der Waals surface area contributed by atoms with E-state index >= 15 is 0 Å². The first-order chi connectivity index (χ1) is 10.9. The minimum Gasteiger partial charge on any atom is -0.358 e. The van der Waals surface area contributed by atoms with Crippen molar-refractivity contribution in [1.82, 2.24) is 4.98 Å². The van der Waals surface area contributed by atoms with Crippen molar-refractivity contribution < 1.29 is 20.1 Å². The second-order valence-corrected chi connectivity index (χ2v) is 5.25. The number of hydrogen-bond acceptors (Lipinski definition) is 1. The van der Waals surface area contributed by atoms with Crippen molar-refractivity contribution in [2.75, 3.05) is 0 Å². The van der Waals surface area contributed by atoms with Crippen molar-refractivity contribution in [3.05, 3.63) is 98.4 Å². The van der Waals surface area contributed by atoms with Crippen LogP contribution in [0.4, 0.5) is 0 Å². The van der Waals surface area contributed by atoms with Crippen LogP contribution in [-0.2, 0) is 20.1 Å². The zero-order valence-corrected chi connectivity index (χ0v) is 15.8. The molecule has 0 unspecified atom stereocenters. The van der Waals surface area contributed by atoms with Gasteiger partial charge in [0.1, 0.15) is 0 Å². The van der Waals surface area contributed by atoms with Gasteiger partial charge in [-0.3, -0.25) is 4.98 Å². The molecule has 2 heteroatoms. The maximum Gasteiger partial charge on any atom is 0.0595 e. The molecule has 1 aromatic heterocycles. The first-order valence-electron chi connectivity index (χ1n) is 7.33. The second kappa shape index (κ2) is 8.01. The second-order valence-electron chi connectivity index (χ2n) is 5.25. The van der Waals surface area contributed by atoms with Gasteiger partial charge in [-0.1, -0.05) is 48.5 Å². The Bertz CT molecular complexity index is 839. The van der Waals surface area contributed by atoms with Gasteiger partial charge in [0.15, 0.2) is 0 Å². The van der Waals surface area contributed by atoms with Crippen LogP contribution in [0, 0.1) is 13.5 Å². The third-order valence-corrected chi connectivity index (χ3v) is 3.78. The molecule has 0 aliphatic rings. The number of nitrogens with zero attached hydrogens (tertiary/aromatic N) is 1. The molecule has 121 valence electrons. The fourth-order valence-corrected chi connectivity index (χ4v) is 2.64. The number of aromatic nitrogens is 1. The van der Waals surface area contributed by atoms with Crippen LogP contribution in [0.3, 0.4) is 0 Å². The molecule has 0 atom stereocenters. The molecule has 0 amide bonds. The molecular formula is C22H17IrN-2. The number of benzene rings is 3. The van der Waals surface area contributed by atoms with E-state index in [2.05, 4.69) is 60.7 Å². The average molecular weight is 488 g/mol. The molecule has 4 aromatic rings. The Hall–Kier alpha value is -2.28. The Morgan fingerprint density at radius 3 is 2.25 bits per heavy atom. The predicted molar refractivity (Wildman–Crippen MR) is 97.9 cm³/mol. The van der Waals surface area contributed by atoms with Gasteiger partial charge >= 0.3 is 0 Å². The van der Waals surface area contributed by atoms with Crippen LogP contribution in [0.1, 0.15) is 0 Å². The molecule has 24 heavy (non-hydrogen) atoms. The van der Waals surface area contributed by atoms with Gasteiger partial charge in [-0.15, -0.1) is 35.9 Å². The number of hydrogen-bond donors (Lipinski definition) is 0. The molecule has 0 fully saturated rings. The van der Waals surface area contributed by atoms with E-state index in [0.29, 0.717) is 0 Å². The van der Waals surface area contributed by atoms with Crippen molar-refractivity contribution in [1.29, 1.82) is 0 Å². The van der Waals surface area contributed by atoms with E-state index in [4.69, 9.17) is 4.98 Å². The van der Waals surface area contributed by atoms with E-state index < -0.39 is 0 Å². The van der Waals surface area contributed by atoms with Crippen LogP contribution >= 0.6 is 0 Å². The van der Waals surface area contributed by atoms with Crippen molar-refractivity contribution in [2.24, 2.45) is 0 Å². The van der Waals surface area contributed by atoms with E-state index in [1.807, 2.05) is 30.3 Å². The van der Waals surface area contributed by atoms with Crippen molar-refractivity contribution in [3.8, 4) is 22.4 Å². The van der Waals surface area contributed by atoms with Gasteiger partial charge in [0, 0.05) is 20.1 Å². The summed E-state index contributed by atoms with van der Waals surface area (Å²) in [5.41, 5.74) is 5.44. The van der Waals surface area contributed by atoms with Gasteiger partial charge < -0.3 is 7.43 Å². The van der Waals surface area contributed by atoms with Crippen LogP contribution in [0.15, 0.2) is 84.9 Å². The third kappa shape index (κ3) is 3.62. The fourth-order valence-electron chi connectivity index (χ4n) is 2.64. The monoisotopic (exact) mass is 488 g/mol. The average Bonchev–Trinajstić information content (AvgIpc) is 2.62. The predicted octanol–water partition coefficient (Wildman–Crippen LogP) is 5.82. The Balaban J connectivity index is 0.00000104. The SMILES string of the molecule is [CH3-].[Ir].[c-]1ccccc1-c1ccc2cc(-c3ccccc3)ccc2n1. The summed E-state index contributed by atoms with van der Waals surface area (Å²) in [5.74, 6) is 0. The summed E-state index contributed by atoms with van der Waals surface area (Å²) in [6, 6.07) is 32.2. The molecule has 0 aliphatic carbocycles. The molecule has 1 nitrogen and oxygen atoms in total. The molecule has 0 spiro atoms. The van der Waals surface area contributed by atoms with Gasteiger partial charge in [-0.25, -0.2) is 0 Å². The van der Waals surface area contributed by atoms with Crippen molar-refractivity contribution in [2.45, 2.75) is 0 Å². The van der Waals surface area contributed by atoms with Crippen LogP contribution in [0.2, 0.25) is 0 Å². The summed E-state index contributed by atoms with van der Waals surface area (Å²) < 4.78 is 0. The summed E-state index contributed by atoms with van der Waals surface area (Å²) >= 11 is 0. The summed E-state index contributed by atoms with van der Waals surface area (Å²) in [6.07, 6.45) is 0. The van der Waals surface area contributed by atoms with Crippen LogP contribution in [0.25, 0.3) is 33.3 Å². The van der Waals surface area contributed by atoms with E-state index in [9.17, 15) is 0 Å². The first kappa shape index (κ1) is 18.1. The van der Waals surface area contributed by atoms with E-state index in [1.165, 1.54) is 11.1 Å². The molecule has 0 saturated carbocycles. The van der Waals surface area contributed by atoms with Gasteiger partial charge in [0.2, 0.25) is 0 Å². The molecule has 0 saturated heterocycles. The first-order valence-corrected chi connectivity index (χ1v) is 7.33. The van der Waals surface area contributed by atoms with Gasteiger partial charge in [0.05, 0.1) is 5.52 Å². The normalized spacial score (nSPS) is 9.83. The largest absolute Gasteiger partial charge is 0.358 e. The van der Waals surface area contributed by atoms with E-state index in [1.54, 1.807) is 0 Å². The van der Waals surface area contributed by atoms with Gasteiger partial charge in [0.25, 0.3) is 0 Å². The van der Waals surface area contributed by atoms with Gasteiger partial charge in [-0.05, 0) is 34.3 Å².